The third-order valence-electron chi connectivity index (χ3n) is 5.18. The second-order valence-corrected chi connectivity index (χ2v) is 7.24. The first-order valence-electron chi connectivity index (χ1n) is 8.21. The molecule has 3 rings (SSSR count). The van der Waals surface area contributed by atoms with Gasteiger partial charge in [0.15, 0.2) is 0 Å². The van der Waals surface area contributed by atoms with Crippen LogP contribution in [0.1, 0.15) is 37.2 Å². The van der Waals surface area contributed by atoms with Gasteiger partial charge in [0.1, 0.15) is 11.5 Å². The largest absolute Gasteiger partial charge is 0.465 e. The molecular weight excluding hydrogens is 278 g/mol. The van der Waals surface area contributed by atoms with Gasteiger partial charge in [-0.25, -0.2) is 4.79 Å². The van der Waals surface area contributed by atoms with Gasteiger partial charge in [0.25, 0.3) is 0 Å². The summed E-state index contributed by atoms with van der Waals surface area (Å²) < 4.78 is 5.67. The van der Waals surface area contributed by atoms with Crippen LogP contribution in [0.2, 0.25) is 0 Å². The first-order chi connectivity index (χ1) is 10.5. The van der Waals surface area contributed by atoms with Crippen LogP contribution in [-0.2, 0) is 6.54 Å². The predicted octanol–water partition coefficient (Wildman–Crippen LogP) is 2.60. The van der Waals surface area contributed by atoms with E-state index in [-0.39, 0.29) is 6.03 Å². The van der Waals surface area contributed by atoms with Crippen molar-refractivity contribution in [2.75, 3.05) is 27.2 Å². The van der Waals surface area contributed by atoms with Crippen molar-refractivity contribution in [3.05, 3.63) is 23.7 Å². The standard InChI is InChI=1S/C17H27N3O2/c1-13-4-5-15(22-13)12-20-8-6-17(7-9-20)10-14(11-17)18-16(21)19(2)3/h4-5,14H,6-12H2,1-3H3,(H,18,21). The summed E-state index contributed by atoms with van der Waals surface area (Å²) in [4.78, 5) is 15.8. The fourth-order valence-corrected chi connectivity index (χ4v) is 3.78. The van der Waals surface area contributed by atoms with Crippen LogP contribution < -0.4 is 5.32 Å². The van der Waals surface area contributed by atoms with E-state index in [9.17, 15) is 4.79 Å². The molecule has 122 valence electrons. The van der Waals surface area contributed by atoms with Crippen LogP contribution in [0.5, 0.6) is 0 Å². The number of rotatable bonds is 3. The number of carbonyl (C=O) groups is 1. The van der Waals surface area contributed by atoms with Crippen molar-refractivity contribution < 1.29 is 9.21 Å². The van der Waals surface area contributed by atoms with Crippen molar-refractivity contribution in [3.8, 4) is 0 Å². The van der Waals surface area contributed by atoms with Crippen LogP contribution in [0.3, 0.4) is 0 Å². The summed E-state index contributed by atoms with van der Waals surface area (Å²) in [6.45, 7) is 5.18. The molecule has 0 unspecified atom stereocenters. The normalized spacial score (nSPS) is 21.6. The van der Waals surface area contributed by atoms with Gasteiger partial charge >= 0.3 is 6.03 Å². The third-order valence-corrected chi connectivity index (χ3v) is 5.18. The third kappa shape index (κ3) is 3.29. The first kappa shape index (κ1) is 15.4. The fraction of sp³-hybridized carbons (Fsp3) is 0.706. The van der Waals surface area contributed by atoms with E-state index in [0.717, 1.165) is 44.0 Å². The van der Waals surface area contributed by atoms with Gasteiger partial charge in [0.2, 0.25) is 0 Å². The van der Waals surface area contributed by atoms with Gasteiger partial charge in [-0.2, -0.15) is 0 Å². The number of piperidine rings is 1. The van der Waals surface area contributed by atoms with Crippen molar-refractivity contribution in [2.45, 2.75) is 45.2 Å². The van der Waals surface area contributed by atoms with Gasteiger partial charge < -0.3 is 14.6 Å². The lowest BCUT2D eigenvalue weighted by Crippen LogP contribution is -2.56. The molecule has 2 heterocycles. The summed E-state index contributed by atoms with van der Waals surface area (Å²) in [5.41, 5.74) is 0.472. The minimum atomic E-state index is 0.0328. The Balaban J connectivity index is 1.42. The zero-order chi connectivity index (χ0) is 15.7. The van der Waals surface area contributed by atoms with Gasteiger partial charge in [-0.15, -0.1) is 0 Å². The monoisotopic (exact) mass is 305 g/mol. The van der Waals surface area contributed by atoms with Crippen molar-refractivity contribution in [2.24, 2.45) is 5.41 Å². The summed E-state index contributed by atoms with van der Waals surface area (Å²) >= 11 is 0. The molecule has 1 aliphatic carbocycles. The highest BCUT2D eigenvalue weighted by molar-refractivity contribution is 5.74. The molecule has 0 bridgehead atoms. The number of likely N-dealkylation sites (tertiary alicyclic amines) is 1. The molecule has 1 N–H and O–H groups in total. The quantitative estimate of drug-likeness (QED) is 0.934. The molecule has 5 nitrogen and oxygen atoms in total. The summed E-state index contributed by atoms with van der Waals surface area (Å²) in [6.07, 6.45) is 4.75. The number of furan rings is 1. The van der Waals surface area contributed by atoms with E-state index in [1.807, 2.05) is 13.0 Å². The number of urea groups is 1. The van der Waals surface area contributed by atoms with Crippen molar-refractivity contribution in [1.82, 2.24) is 15.1 Å². The zero-order valence-electron chi connectivity index (χ0n) is 13.9. The number of carbonyl (C=O) groups excluding carboxylic acids is 1. The average molecular weight is 305 g/mol. The minimum Gasteiger partial charge on any atom is -0.465 e. The summed E-state index contributed by atoms with van der Waals surface area (Å²) in [5.74, 6) is 2.06. The summed E-state index contributed by atoms with van der Waals surface area (Å²) in [6, 6.07) is 4.51. The van der Waals surface area contributed by atoms with Gasteiger partial charge in [0, 0.05) is 20.1 Å². The Labute approximate surface area is 132 Å². The van der Waals surface area contributed by atoms with Crippen LogP contribution in [-0.4, -0.2) is 49.1 Å². The summed E-state index contributed by atoms with van der Waals surface area (Å²) in [5, 5.41) is 3.10. The molecule has 0 aromatic carbocycles. The maximum absolute atomic E-state index is 11.7. The van der Waals surface area contributed by atoms with E-state index in [4.69, 9.17) is 4.42 Å². The molecule has 1 aromatic heterocycles. The van der Waals surface area contributed by atoms with E-state index in [1.165, 1.54) is 12.8 Å². The highest BCUT2D eigenvalue weighted by Gasteiger charge is 2.46. The number of hydrogen-bond donors (Lipinski definition) is 1. The van der Waals surface area contributed by atoms with Gasteiger partial charge in [-0.1, -0.05) is 0 Å². The minimum absolute atomic E-state index is 0.0328. The fourth-order valence-electron chi connectivity index (χ4n) is 3.78. The predicted molar refractivity (Wildman–Crippen MR) is 85.6 cm³/mol. The highest BCUT2D eigenvalue weighted by atomic mass is 16.3. The number of amides is 2. The highest BCUT2D eigenvalue weighted by Crippen LogP contribution is 2.49. The molecule has 0 atom stereocenters. The smallest absolute Gasteiger partial charge is 0.317 e. The molecule has 1 aliphatic heterocycles. The van der Waals surface area contributed by atoms with Crippen LogP contribution in [0.4, 0.5) is 4.79 Å². The molecule has 0 radical (unpaired) electrons. The van der Waals surface area contributed by atoms with E-state index < -0.39 is 0 Å². The van der Waals surface area contributed by atoms with Crippen LogP contribution in [0.15, 0.2) is 16.5 Å². The van der Waals surface area contributed by atoms with Crippen LogP contribution in [0.25, 0.3) is 0 Å². The topological polar surface area (TPSA) is 48.7 Å². The van der Waals surface area contributed by atoms with Crippen molar-refractivity contribution >= 4 is 6.03 Å². The SMILES string of the molecule is Cc1ccc(CN2CCC3(CC2)CC(NC(=O)N(C)C)C3)o1. The maximum Gasteiger partial charge on any atom is 0.317 e. The lowest BCUT2D eigenvalue weighted by Gasteiger charge is -2.52. The van der Waals surface area contributed by atoms with E-state index in [1.54, 1.807) is 19.0 Å². The van der Waals surface area contributed by atoms with Crippen molar-refractivity contribution in [3.63, 3.8) is 0 Å². The Morgan fingerprint density at radius 2 is 2.05 bits per heavy atom. The molecular formula is C17H27N3O2. The van der Waals surface area contributed by atoms with E-state index in [2.05, 4.69) is 16.3 Å². The molecule has 2 amide bonds. The number of hydrogen-bond acceptors (Lipinski definition) is 3. The van der Waals surface area contributed by atoms with Crippen LogP contribution >= 0.6 is 0 Å². The molecule has 2 fully saturated rings. The Bertz CT molecular complexity index is 522. The number of nitrogens with one attached hydrogen (secondary N) is 1. The lowest BCUT2D eigenvalue weighted by atomic mass is 9.60. The molecule has 1 spiro atoms. The van der Waals surface area contributed by atoms with Gasteiger partial charge in [-0.3, -0.25) is 4.90 Å². The molecule has 1 saturated heterocycles. The number of nitrogens with zero attached hydrogens (tertiary/aromatic N) is 2. The zero-order valence-corrected chi connectivity index (χ0v) is 13.9. The molecule has 1 aromatic rings. The average Bonchev–Trinajstić information content (AvgIpc) is 2.84. The molecule has 1 saturated carbocycles. The van der Waals surface area contributed by atoms with E-state index >= 15 is 0 Å². The molecule has 5 heteroatoms. The Kier molecular flexibility index (Phi) is 4.17. The van der Waals surface area contributed by atoms with Crippen molar-refractivity contribution in [1.29, 1.82) is 0 Å². The van der Waals surface area contributed by atoms with Gasteiger partial charge in [-0.05, 0) is 63.2 Å². The maximum atomic E-state index is 11.7. The summed E-state index contributed by atoms with van der Waals surface area (Å²) in [7, 11) is 3.58. The molecule has 2 aliphatic rings. The Morgan fingerprint density at radius 3 is 2.59 bits per heavy atom. The number of aryl methyl sites for hydroxylation is 1. The van der Waals surface area contributed by atoms with E-state index in [0.29, 0.717) is 11.5 Å². The molecule has 22 heavy (non-hydrogen) atoms. The van der Waals surface area contributed by atoms with Crippen LogP contribution in [0, 0.1) is 12.3 Å². The lowest BCUT2D eigenvalue weighted by molar-refractivity contribution is 0.00460. The second kappa shape index (κ2) is 5.95. The Hall–Kier alpha value is -1.49. The Morgan fingerprint density at radius 1 is 1.36 bits per heavy atom. The van der Waals surface area contributed by atoms with Gasteiger partial charge in [0.05, 0.1) is 6.54 Å². The first-order valence-corrected chi connectivity index (χ1v) is 8.21. The second-order valence-electron chi connectivity index (χ2n) is 7.24.